The van der Waals surface area contributed by atoms with Crippen molar-refractivity contribution in [3.05, 3.63) is 63.8 Å². The Kier molecular flexibility index (Phi) is 5.81. The Bertz CT molecular complexity index is 931. The number of aromatic nitrogens is 3. The van der Waals surface area contributed by atoms with Gasteiger partial charge in [0.25, 0.3) is 5.91 Å². The molecule has 7 nitrogen and oxygen atoms in total. The average Bonchev–Trinajstić information content (AvgIpc) is 3.21. The van der Waals surface area contributed by atoms with Crippen LogP contribution in [0.25, 0.3) is 0 Å². The van der Waals surface area contributed by atoms with Crippen molar-refractivity contribution in [3.8, 4) is 5.75 Å². The molecule has 1 N–H and O–H groups in total. The van der Waals surface area contributed by atoms with Crippen LogP contribution in [0, 0.1) is 13.8 Å². The predicted molar refractivity (Wildman–Crippen MR) is 101 cm³/mol. The molecule has 0 aliphatic rings. The molecule has 0 saturated heterocycles. The lowest BCUT2D eigenvalue weighted by Crippen LogP contribution is -2.24. The first-order valence-electron chi connectivity index (χ1n) is 8.62. The Morgan fingerprint density at radius 3 is 2.70 bits per heavy atom. The zero-order valence-electron chi connectivity index (χ0n) is 15.5. The van der Waals surface area contributed by atoms with Crippen molar-refractivity contribution in [2.45, 2.75) is 40.5 Å². The van der Waals surface area contributed by atoms with Crippen LogP contribution in [-0.2, 0) is 19.7 Å². The van der Waals surface area contributed by atoms with E-state index >= 15 is 0 Å². The summed E-state index contributed by atoms with van der Waals surface area (Å²) >= 11 is 5.87. The fraction of sp³-hybridized carbons (Fsp3) is 0.316. The summed E-state index contributed by atoms with van der Waals surface area (Å²) in [5.41, 5.74) is 2.69. The molecule has 0 unspecified atom stereocenters. The zero-order chi connectivity index (χ0) is 19.4. The number of ether oxygens (including phenoxy) is 1. The summed E-state index contributed by atoms with van der Waals surface area (Å²) in [6.07, 6.45) is 1.92. The first-order chi connectivity index (χ1) is 13.0. The molecule has 0 radical (unpaired) electrons. The fourth-order valence-corrected chi connectivity index (χ4v) is 2.71. The molecule has 1 amide bonds. The number of carbonyl (C=O) groups is 1. The molecule has 3 rings (SSSR count). The molecule has 8 heteroatoms. The number of benzene rings is 1. The molecular formula is C19H21ClN4O3. The van der Waals surface area contributed by atoms with Crippen molar-refractivity contribution in [2.24, 2.45) is 0 Å². The van der Waals surface area contributed by atoms with E-state index in [1.807, 2.05) is 24.7 Å². The normalized spacial score (nSPS) is 10.8. The Balaban J connectivity index is 1.66. The quantitative estimate of drug-likeness (QED) is 0.667. The molecular weight excluding hydrogens is 368 g/mol. The largest absolute Gasteiger partial charge is 0.489 e. The summed E-state index contributed by atoms with van der Waals surface area (Å²) in [6.45, 7) is 7.00. The summed E-state index contributed by atoms with van der Waals surface area (Å²) in [6, 6.07) is 7.01. The lowest BCUT2D eigenvalue weighted by molar-refractivity contribution is 0.0939. The molecule has 2 heterocycles. The predicted octanol–water partition coefficient (Wildman–Crippen LogP) is 3.67. The van der Waals surface area contributed by atoms with E-state index in [0.29, 0.717) is 28.6 Å². The number of rotatable bonds is 7. The van der Waals surface area contributed by atoms with Crippen LogP contribution >= 0.6 is 11.6 Å². The molecule has 0 aliphatic carbocycles. The standard InChI is InChI=1S/C19H21ClN4O3/c1-4-24-10-14(12(2)22-24)9-21-19(25)18-17(13(3)27-23-18)11-26-16-7-5-15(20)6-8-16/h5-8,10H,4,9,11H2,1-3H3,(H,21,25). The third-order valence-corrected chi connectivity index (χ3v) is 4.46. The van der Waals surface area contributed by atoms with Crippen LogP contribution in [0.3, 0.4) is 0 Å². The Hall–Kier alpha value is -2.80. The molecule has 1 aromatic carbocycles. The first kappa shape index (κ1) is 19.0. The van der Waals surface area contributed by atoms with E-state index in [1.165, 1.54) is 0 Å². The van der Waals surface area contributed by atoms with Gasteiger partial charge in [-0.1, -0.05) is 16.8 Å². The third kappa shape index (κ3) is 4.49. The van der Waals surface area contributed by atoms with Gasteiger partial charge in [0.1, 0.15) is 18.1 Å². The number of halogens is 1. The maximum atomic E-state index is 12.6. The summed E-state index contributed by atoms with van der Waals surface area (Å²) in [7, 11) is 0. The van der Waals surface area contributed by atoms with Crippen molar-refractivity contribution in [1.82, 2.24) is 20.3 Å². The molecule has 3 aromatic rings. The Labute approximate surface area is 162 Å². The molecule has 0 fully saturated rings. The van der Waals surface area contributed by atoms with E-state index in [2.05, 4.69) is 15.6 Å². The highest BCUT2D eigenvalue weighted by atomic mass is 35.5. The van der Waals surface area contributed by atoms with Gasteiger partial charge in [-0.2, -0.15) is 5.10 Å². The number of carbonyl (C=O) groups excluding carboxylic acids is 1. The number of hydrogen-bond donors (Lipinski definition) is 1. The van der Waals surface area contributed by atoms with Crippen molar-refractivity contribution < 1.29 is 14.1 Å². The van der Waals surface area contributed by atoms with Gasteiger partial charge in [0.15, 0.2) is 5.69 Å². The number of aryl methyl sites for hydroxylation is 3. The summed E-state index contributed by atoms with van der Waals surface area (Å²) in [4.78, 5) is 12.6. The van der Waals surface area contributed by atoms with Crippen molar-refractivity contribution in [1.29, 1.82) is 0 Å². The van der Waals surface area contributed by atoms with Crippen molar-refractivity contribution in [2.75, 3.05) is 0 Å². The maximum Gasteiger partial charge on any atom is 0.274 e. The minimum absolute atomic E-state index is 0.173. The van der Waals surface area contributed by atoms with Gasteiger partial charge in [0.2, 0.25) is 0 Å². The van der Waals surface area contributed by atoms with Gasteiger partial charge >= 0.3 is 0 Å². The molecule has 2 aromatic heterocycles. The highest BCUT2D eigenvalue weighted by molar-refractivity contribution is 6.30. The van der Waals surface area contributed by atoms with Gasteiger partial charge in [-0.05, 0) is 45.0 Å². The van der Waals surface area contributed by atoms with Gasteiger partial charge in [-0.15, -0.1) is 0 Å². The second-order valence-corrected chi connectivity index (χ2v) is 6.52. The van der Waals surface area contributed by atoms with Crippen molar-refractivity contribution >= 4 is 17.5 Å². The number of hydrogen-bond acceptors (Lipinski definition) is 5. The average molecular weight is 389 g/mol. The first-order valence-corrected chi connectivity index (χ1v) is 9.00. The zero-order valence-corrected chi connectivity index (χ0v) is 16.2. The van der Waals surface area contributed by atoms with E-state index in [1.54, 1.807) is 31.2 Å². The van der Waals surface area contributed by atoms with Gasteiger partial charge in [-0.3, -0.25) is 9.48 Å². The van der Waals surface area contributed by atoms with Gasteiger partial charge < -0.3 is 14.6 Å². The summed E-state index contributed by atoms with van der Waals surface area (Å²) in [5, 5.41) is 11.8. The molecule has 0 spiro atoms. The van der Waals surface area contributed by atoms with Gasteiger partial charge in [-0.25, -0.2) is 0 Å². The molecule has 0 saturated carbocycles. The van der Waals surface area contributed by atoms with E-state index in [0.717, 1.165) is 17.8 Å². The fourth-order valence-electron chi connectivity index (χ4n) is 2.58. The Morgan fingerprint density at radius 1 is 1.30 bits per heavy atom. The molecule has 27 heavy (non-hydrogen) atoms. The van der Waals surface area contributed by atoms with Crippen LogP contribution in [0.5, 0.6) is 5.75 Å². The van der Waals surface area contributed by atoms with Gasteiger partial charge in [0, 0.05) is 29.9 Å². The number of nitrogens with zero attached hydrogens (tertiary/aromatic N) is 3. The van der Waals surface area contributed by atoms with E-state index in [4.69, 9.17) is 20.9 Å². The summed E-state index contributed by atoms with van der Waals surface area (Å²) < 4.78 is 12.8. The van der Waals surface area contributed by atoms with E-state index in [-0.39, 0.29) is 18.2 Å². The topological polar surface area (TPSA) is 82.2 Å². The van der Waals surface area contributed by atoms with Crippen LogP contribution < -0.4 is 10.1 Å². The van der Waals surface area contributed by atoms with E-state index < -0.39 is 0 Å². The number of amides is 1. The highest BCUT2D eigenvalue weighted by Crippen LogP contribution is 2.20. The second kappa shape index (κ2) is 8.26. The second-order valence-electron chi connectivity index (χ2n) is 6.09. The SMILES string of the molecule is CCn1cc(CNC(=O)c2noc(C)c2COc2ccc(Cl)cc2)c(C)n1. The third-order valence-electron chi connectivity index (χ3n) is 4.21. The van der Waals surface area contributed by atoms with Gasteiger partial charge in [0.05, 0.1) is 11.3 Å². The van der Waals surface area contributed by atoms with E-state index in [9.17, 15) is 4.79 Å². The van der Waals surface area contributed by atoms with Crippen LogP contribution in [-0.4, -0.2) is 20.8 Å². The Morgan fingerprint density at radius 2 is 2.04 bits per heavy atom. The number of nitrogens with one attached hydrogen (secondary N) is 1. The molecule has 0 atom stereocenters. The van der Waals surface area contributed by atoms with Crippen LogP contribution in [0.4, 0.5) is 0 Å². The maximum absolute atomic E-state index is 12.6. The lowest BCUT2D eigenvalue weighted by Gasteiger charge is -2.07. The van der Waals surface area contributed by atoms with Crippen LogP contribution in [0.2, 0.25) is 5.02 Å². The molecule has 142 valence electrons. The minimum Gasteiger partial charge on any atom is -0.489 e. The monoisotopic (exact) mass is 388 g/mol. The lowest BCUT2D eigenvalue weighted by atomic mass is 10.2. The minimum atomic E-state index is -0.315. The summed E-state index contributed by atoms with van der Waals surface area (Å²) in [5.74, 6) is 0.878. The van der Waals surface area contributed by atoms with Crippen LogP contribution in [0.15, 0.2) is 35.0 Å². The molecule has 0 bridgehead atoms. The highest BCUT2D eigenvalue weighted by Gasteiger charge is 2.20. The smallest absolute Gasteiger partial charge is 0.274 e. The molecule has 0 aliphatic heterocycles. The van der Waals surface area contributed by atoms with Crippen LogP contribution in [0.1, 0.15) is 40.0 Å². The van der Waals surface area contributed by atoms with Crippen molar-refractivity contribution in [3.63, 3.8) is 0 Å².